The van der Waals surface area contributed by atoms with E-state index in [4.69, 9.17) is 4.74 Å². The molecule has 0 heterocycles. The Morgan fingerprint density at radius 3 is 2.91 bits per heavy atom. The van der Waals surface area contributed by atoms with Crippen LogP contribution in [-0.4, -0.2) is 6.61 Å². The second kappa shape index (κ2) is 3.96. The predicted octanol–water partition coefficient (Wildman–Crippen LogP) is 2.43. The minimum atomic E-state index is -0.272. The maximum Gasteiger partial charge on any atom is 0.126 e. The topological polar surface area (TPSA) is 9.23 Å². The fraction of sp³-hybridized carbons (Fsp3) is 0.222. The summed E-state index contributed by atoms with van der Waals surface area (Å²) in [5.74, 6) is 0.292. The van der Waals surface area contributed by atoms with Crippen molar-refractivity contribution in [2.24, 2.45) is 0 Å². The van der Waals surface area contributed by atoms with Gasteiger partial charge in [0, 0.05) is 6.07 Å². The fourth-order valence-electron chi connectivity index (χ4n) is 0.747. The van der Waals surface area contributed by atoms with E-state index in [9.17, 15) is 4.39 Å². The molecule has 0 N–H and O–H groups in total. The number of ether oxygens (including phenoxy) is 1. The van der Waals surface area contributed by atoms with Crippen molar-refractivity contribution in [1.29, 1.82) is 0 Å². The third-order valence-corrected chi connectivity index (χ3v) is 1.21. The van der Waals surface area contributed by atoms with Gasteiger partial charge in [0.1, 0.15) is 11.6 Å². The molecule has 1 aromatic rings. The molecule has 0 amide bonds. The van der Waals surface area contributed by atoms with E-state index in [1.54, 1.807) is 12.1 Å². The molecule has 2 heteroatoms. The highest BCUT2D eigenvalue weighted by atomic mass is 19.1. The highest BCUT2D eigenvalue weighted by molar-refractivity contribution is 5.22. The third-order valence-electron chi connectivity index (χ3n) is 1.21. The Hall–Kier alpha value is -1.05. The van der Waals surface area contributed by atoms with Crippen LogP contribution in [-0.2, 0) is 0 Å². The van der Waals surface area contributed by atoms with E-state index in [-0.39, 0.29) is 5.82 Å². The summed E-state index contributed by atoms with van der Waals surface area (Å²) < 4.78 is 17.6. The Morgan fingerprint density at radius 2 is 2.27 bits per heavy atom. The van der Waals surface area contributed by atoms with Gasteiger partial charge in [-0.2, -0.15) is 0 Å². The summed E-state index contributed by atoms with van der Waals surface area (Å²) in [5, 5.41) is 0. The zero-order valence-electron chi connectivity index (χ0n) is 6.22. The number of halogens is 1. The molecule has 1 nitrogen and oxygen atoms in total. The quantitative estimate of drug-likeness (QED) is 0.648. The molecule has 0 fully saturated rings. The first-order valence-corrected chi connectivity index (χ1v) is 3.50. The molecule has 0 aliphatic rings. The van der Waals surface area contributed by atoms with Crippen molar-refractivity contribution in [2.45, 2.75) is 6.42 Å². The minimum absolute atomic E-state index is 0.272. The van der Waals surface area contributed by atoms with Crippen LogP contribution in [0.15, 0.2) is 24.3 Å². The first-order valence-electron chi connectivity index (χ1n) is 3.50. The van der Waals surface area contributed by atoms with Crippen LogP contribution in [0.25, 0.3) is 0 Å². The number of hydrogen-bond donors (Lipinski definition) is 0. The van der Waals surface area contributed by atoms with Gasteiger partial charge in [0.25, 0.3) is 0 Å². The van der Waals surface area contributed by atoms with Crippen molar-refractivity contribution in [3.05, 3.63) is 37.0 Å². The van der Waals surface area contributed by atoms with E-state index in [1.807, 2.05) is 0 Å². The van der Waals surface area contributed by atoms with Crippen molar-refractivity contribution in [3.63, 3.8) is 0 Å². The van der Waals surface area contributed by atoms with Crippen LogP contribution in [0.1, 0.15) is 6.42 Å². The predicted molar refractivity (Wildman–Crippen MR) is 41.9 cm³/mol. The Balaban J connectivity index is 2.56. The van der Waals surface area contributed by atoms with Gasteiger partial charge in [0.05, 0.1) is 6.61 Å². The molecule has 59 valence electrons. The number of benzene rings is 1. The molecular formula is C9H10FO. The zero-order chi connectivity index (χ0) is 8.10. The molecule has 0 saturated carbocycles. The van der Waals surface area contributed by atoms with E-state index in [2.05, 4.69) is 6.92 Å². The van der Waals surface area contributed by atoms with Crippen LogP contribution in [0.3, 0.4) is 0 Å². The van der Waals surface area contributed by atoms with E-state index >= 15 is 0 Å². The summed E-state index contributed by atoms with van der Waals surface area (Å²) >= 11 is 0. The molecule has 0 aliphatic carbocycles. The molecule has 0 unspecified atom stereocenters. The Morgan fingerprint density at radius 1 is 1.45 bits per heavy atom. The summed E-state index contributed by atoms with van der Waals surface area (Å²) in [5.41, 5.74) is 0. The molecule has 0 aromatic heterocycles. The highest BCUT2D eigenvalue weighted by Gasteiger charge is 1.93. The third kappa shape index (κ3) is 2.58. The van der Waals surface area contributed by atoms with Gasteiger partial charge in [-0.05, 0) is 25.5 Å². The largest absolute Gasteiger partial charge is 0.493 e. The molecule has 1 radical (unpaired) electrons. The first-order chi connectivity index (χ1) is 5.33. The normalized spacial score (nSPS) is 9.64. The van der Waals surface area contributed by atoms with Gasteiger partial charge in [0.2, 0.25) is 0 Å². The minimum Gasteiger partial charge on any atom is -0.493 e. The van der Waals surface area contributed by atoms with Crippen LogP contribution in [0.4, 0.5) is 4.39 Å². The Kier molecular flexibility index (Phi) is 2.90. The lowest BCUT2D eigenvalue weighted by Crippen LogP contribution is -1.94. The Bertz CT molecular complexity index is 223. The second-order valence-corrected chi connectivity index (χ2v) is 2.16. The van der Waals surface area contributed by atoms with E-state index in [0.717, 1.165) is 0 Å². The average Bonchev–Trinajstić information content (AvgIpc) is 2.01. The van der Waals surface area contributed by atoms with Crippen LogP contribution >= 0.6 is 0 Å². The fourth-order valence-corrected chi connectivity index (χ4v) is 0.747. The number of hydrogen-bond acceptors (Lipinski definition) is 1. The first kappa shape index (κ1) is 8.05. The van der Waals surface area contributed by atoms with Crippen LogP contribution in [0, 0.1) is 12.7 Å². The smallest absolute Gasteiger partial charge is 0.126 e. The summed E-state index contributed by atoms with van der Waals surface area (Å²) in [4.78, 5) is 0. The Labute approximate surface area is 65.8 Å². The van der Waals surface area contributed by atoms with Crippen molar-refractivity contribution in [2.75, 3.05) is 6.61 Å². The van der Waals surface area contributed by atoms with Gasteiger partial charge in [-0.15, -0.1) is 0 Å². The van der Waals surface area contributed by atoms with E-state index in [1.165, 1.54) is 12.1 Å². The average molecular weight is 153 g/mol. The summed E-state index contributed by atoms with van der Waals surface area (Å²) in [6.07, 6.45) is 0.691. The molecule has 1 aromatic carbocycles. The van der Waals surface area contributed by atoms with Gasteiger partial charge in [0.15, 0.2) is 0 Å². The van der Waals surface area contributed by atoms with Gasteiger partial charge < -0.3 is 4.74 Å². The maximum atomic E-state index is 12.5. The second-order valence-electron chi connectivity index (χ2n) is 2.16. The van der Waals surface area contributed by atoms with Crippen molar-refractivity contribution < 1.29 is 9.13 Å². The SMILES string of the molecule is [CH2]CCOc1cccc(F)c1. The van der Waals surface area contributed by atoms with Gasteiger partial charge in [-0.1, -0.05) is 6.07 Å². The molecule has 0 spiro atoms. The van der Waals surface area contributed by atoms with Gasteiger partial charge >= 0.3 is 0 Å². The number of rotatable bonds is 3. The van der Waals surface area contributed by atoms with Crippen molar-refractivity contribution >= 4 is 0 Å². The monoisotopic (exact) mass is 153 g/mol. The lowest BCUT2D eigenvalue weighted by Gasteiger charge is -2.02. The van der Waals surface area contributed by atoms with E-state index < -0.39 is 0 Å². The summed E-state index contributed by atoms with van der Waals surface area (Å²) in [7, 11) is 0. The molecule has 1 rings (SSSR count). The maximum absolute atomic E-state index is 12.5. The molecule has 0 atom stereocenters. The summed E-state index contributed by atoms with van der Waals surface area (Å²) in [6.45, 7) is 4.14. The van der Waals surface area contributed by atoms with Crippen LogP contribution in [0.2, 0.25) is 0 Å². The van der Waals surface area contributed by atoms with Gasteiger partial charge in [-0.3, -0.25) is 0 Å². The standard InChI is InChI=1S/C9H10FO/c1-2-6-11-9-5-3-4-8(10)7-9/h3-5,7H,1-2,6H2. The van der Waals surface area contributed by atoms with Gasteiger partial charge in [-0.25, -0.2) is 4.39 Å². The highest BCUT2D eigenvalue weighted by Crippen LogP contribution is 2.11. The zero-order valence-corrected chi connectivity index (χ0v) is 6.22. The van der Waals surface area contributed by atoms with E-state index in [0.29, 0.717) is 18.8 Å². The molecule has 0 saturated heterocycles. The van der Waals surface area contributed by atoms with Crippen molar-refractivity contribution in [1.82, 2.24) is 0 Å². The molecule has 0 bridgehead atoms. The lowest BCUT2D eigenvalue weighted by atomic mass is 10.3. The lowest BCUT2D eigenvalue weighted by molar-refractivity contribution is 0.322. The molecule has 11 heavy (non-hydrogen) atoms. The molecule has 0 aliphatic heterocycles. The molecular weight excluding hydrogens is 143 g/mol. The van der Waals surface area contributed by atoms with Crippen molar-refractivity contribution in [3.8, 4) is 5.75 Å². The summed E-state index contributed by atoms with van der Waals surface area (Å²) in [6, 6.07) is 6.08. The van der Waals surface area contributed by atoms with Crippen LogP contribution in [0.5, 0.6) is 5.75 Å². The van der Waals surface area contributed by atoms with Crippen LogP contribution < -0.4 is 4.74 Å².